The van der Waals surface area contributed by atoms with Crippen LogP contribution in [0.25, 0.3) is 0 Å². The Morgan fingerprint density at radius 1 is 0.933 bits per heavy atom. The van der Waals surface area contributed by atoms with Gasteiger partial charge in [0.1, 0.15) is 6.79 Å². The first-order valence-electron chi connectivity index (χ1n) is 6.00. The molecule has 0 aromatic rings. The number of hydrogen-bond donors (Lipinski definition) is 0. The molecule has 0 rings (SSSR count). The molecule has 0 aromatic heterocycles. The molecule has 0 aliphatic rings. The van der Waals surface area contributed by atoms with E-state index in [1.807, 2.05) is 0 Å². The topological polar surface area (TPSA) is 18.5 Å². The Balaban J connectivity index is 2.84. The first-order valence-corrected chi connectivity index (χ1v) is 6.00. The Bertz CT molecular complexity index is 149. The van der Waals surface area contributed by atoms with Gasteiger partial charge in [0.05, 0.1) is 0 Å². The minimum atomic E-state index is 0.443. The van der Waals surface area contributed by atoms with Gasteiger partial charge in [0.2, 0.25) is 0 Å². The van der Waals surface area contributed by atoms with E-state index >= 15 is 0 Å². The van der Waals surface area contributed by atoms with E-state index in [1.54, 1.807) is 0 Å². The Morgan fingerprint density at radius 2 is 1.60 bits per heavy atom. The van der Waals surface area contributed by atoms with Gasteiger partial charge in [0.15, 0.2) is 0 Å². The van der Waals surface area contributed by atoms with Gasteiger partial charge in [0.25, 0.3) is 0 Å². The van der Waals surface area contributed by atoms with E-state index in [0.29, 0.717) is 6.79 Å². The highest BCUT2D eigenvalue weighted by atomic mass is 16.7. The smallest absolute Gasteiger partial charge is 0.146 e. The van der Waals surface area contributed by atoms with Gasteiger partial charge < -0.3 is 9.47 Å². The van der Waals surface area contributed by atoms with Crippen molar-refractivity contribution in [1.29, 1.82) is 0 Å². The van der Waals surface area contributed by atoms with Crippen molar-refractivity contribution >= 4 is 0 Å². The molecule has 2 nitrogen and oxygen atoms in total. The minimum absolute atomic E-state index is 0.443. The van der Waals surface area contributed by atoms with Crippen molar-refractivity contribution in [2.45, 2.75) is 51.9 Å². The van der Waals surface area contributed by atoms with Crippen molar-refractivity contribution in [3.8, 4) is 12.3 Å². The molecule has 88 valence electrons. The van der Waals surface area contributed by atoms with Crippen LogP contribution in [0, 0.1) is 12.3 Å². The quantitative estimate of drug-likeness (QED) is 0.297. The summed E-state index contributed by atoms with van der Waals surface area (Å²) < 4.78 is 10.6. The summed E-state index contributed by atoms with van der Waals surface area (Å²) in [6.07, 6.45) is 13.0. The highest BCUT2D eigenvalue weighted by Gasteiger charge is 1.90. The molecule has 0 aliphatic heterocycles. The van der Waals surface area contributed by atoms with E-state index in [4.69, 9.17) is 15.9 Å². The molecule has 0 saturated heterocycles. The highest BCUT2D eigenvalue weighted by Crippen LogP contribution is 1.99. The Labute approximate surface area is 94.3 Å². The van der Waals surface area contributed by atoms with Gasteiger partial charge in [0, 0.05) is 19.6 Å². The number of terminal acetylenes is 1. The first kappa shape index (κ1) is 14.5. The summed E-state index contributed by atoms with van der Waals surface area (Å²) in [5.41, 5.74) is 0. The number of ether oxygens (including phenoxy) is 2. The number of unbranched alkanes of at least 4 members (excludes halogenated alkanes) is 5. The standard InChI is InChI=1S/C13H24O2/c1-3-5-7-8-10-12-15-13-14-11-9-6-4-2/h1H,4-13H2,2H3. The molecule has 0 N–H and O–H groups in total. The summed E-state index contributed by atoms with van der Waals surface area (Å²) in [5, 5.41) is 0. The van der Waals surface area contributed by atoms with E-state index in [1.165, 1.54) is 12.8 Å². The van der Waals surface area contributed by atoms with Crippen LogP contribution in [-0.4, -0.2) is 20.0 Å². The average molecular weight is 212 g/mol. The fraction of sp³-hybridized carbons (Fsp3) is 0.846. The van der Waals surface area contributed by atoms with Crippen LogP contribution in [0.2, 0.25) is 0 Å². The fourth-order valence-corrected chi connectivity index (χ4v) is 1.24. The molecule has 0 radical (unpaired) electrons. The molecular formula is C13H24O2. The van der Waals surface area contributed by atoms with E-state index in [0.717, 1.165) is 45.3 Å². The molecule has 0 fully saturated rings. The lowest BCUT2D eigenvalue weighted by molar-refractivity contribution is -0.0555. The van der Waals surface area contributed by atoms with Crippen molar-refractivity contribution < 1.29 is 9.47 Å². The molecule has 0 aromatic carbocycles. The maximum absolute atomic E-state index is 5.32. The van der Waals surface area contributed by atoms with Crippen LogP contribution in [0.15, 0.2) is 0 Å². The summed E-state index contributed by atoms with van der Waals surface area (Å²) in [4.78, 5) is 0. The summed E-state index contributed by atoms with van der Waals surface area (Å²) >= 11 is 0. The molecule has 2 heteroatoms. The second-order valence-corrected chi connectivity index (χ2v) is 3.66. The van der Waals surface area contributed by atoms with Crippen molar-refractivity contribution in [2.75, 3.05) is 20.0 Å². The van der Waals surface area contributed by atoms with E-state index in [9.17, 15) is 0 Å². The van der Waals surface area contributed by atoms with Gasteiger partial charge in [-0.3, -0.25) is 0 Å². The SMILES string of the molecule is C#CCCCCCOCOCCCCC. The van der Waals surface area contributed by atoms with Gasteiger partial charge >= 0.3 is 0 Å². The predicted molar refractivity (Wildman–Crippen MR) is 63.6 cm³/mol. The monoisotopic (exact) mass is 212 g/mol. The normalized spacial score (nSPS) is 10.1. The average Bonchev–Trinajstić information content (AvgIpc) is 2.26. The summed E-state index contributed by atoms with van der Waals surface area (Å²) in [6.45, 7) is 4.24. The molecule has 0 atom stereocenters. The fourth-order valence-electron chi connectivity index (χ4n) is 1.24. The number of hydrogen-bond acceptors (Lipinski definition) is 2. The second kappa shape index (κ2) is 13.5. The molecule has 0 unspecified atom stereocenters. The van der Waals surface area contributed by atoms with Crippen LogP contribution in [0.1, 0.15) is 51.9 Å². The van der Waals surface area contributed by atoms with Crippen LogP contribution in [0.4, 0.5) is 0 Å². The van der Waals surface area contributed by atoms with Crippen molar-refractivity contribution in [3.05, 3.63) is 0 Å². The summed E-state index contributed by atoms with van der Waals surface area (Å²) in [7, 11) is 0. The van der Waals surface area contributed by atoms with Gasteiger partial charge in [-0.05, 0) is 19.3 Å². The third-order valence-electron chi connectivity index (χ3n) is 2.17. The third kappa shape index (κ3) is 13.5. The van der Waals surface area contributed by atoms with E-state index in [2.05, 4.69) is 12.8 Å². The van der Waals surface area contributed by atoms with Crippen LogP contribution in [0.5, 0.6) is 0 Å². The predicted octanol–water partition coefficient (Wildman–Crippen LogP) is 3.36. The second-order valence-electron chi connectivity index (χ2n) is 3.66. The number of rotatable bonds is 11. The molecule has 0 heterocycles. The molecule has 15 heavy (non-hydrogen) atoms. The van der Waals surface area contributed by atoms with Crippen molar-refractivity contribution in [2.24, 2.45) is 0 Å². The lowest BCUT2D eigenvalue weighted by atomic mass is 10.2. The lowest BCUT2D eigenvalue weighted by Crippen LogP contribution is -2.02. The van der Waals surface area contributed by atoms with Gasteiger partial charge in [-0.2, -0.15) is 0 Å². The Morgan fingerprint density at radius 3 is 2.20 bits per heavy atom. The molecular weight excluding hydrogens is 188 g/mol. The molecule has 0 aliphatic carbocycles. The van der Waals surface area contributed by atoms with Crippen molar-refractivity contribution in [1.82, 2.24) is 0 Å². The summed E-state index contributed by atoms with van der Waals surface area (Å²) in [6, 6.07) is 0. The van der Waals surface area contributed by atoms with Gasteiger partial charge in [-0.25, -0.2) is 0 Å². The Hall–Kier alpha value is -0.520. The van der Waals surface area contributed by atoms with Crippen LogP contribution in [0.3, 0.4) is 0 Å². The maximum Gasteiger partial charge on any atom is 0.146 e. The minimum Gasteiger partial charge on any atom is -0.355 e. The van der Waals surface area contributed by atoms with Crippen LogP contribution in [-0.2, 0) is 9.47 Å². The lowest BCUT2D eigenvalue weighted by Gasteiger charge is -2.04. The van der Waals surface area contributed by atoms with Crippen LogP contribution < -0.4 is 0 Å². The zero-order chi connectivity index (χ0) is 11.2. The van der Waals surface area contributed by atoms with Crippen LogP contribution >= 0.6 is 0 Å². The van der Waals surface area contributed by atoms with Gasteiger partial charge in [-0.1, -0.05) is 26.2 Å². The molecule has 0 spiro atoms. The van der Waals surface area contributed by atoms with Gasteiger partial charge in [-0.15, -0.1) is 12.3 Å². The third-order valence-corrected chi connectivity index (χ3v) is 2.17. The first-order chi connectivity index (χ1) is 7.41. The highest BCUT2D eigenvalue weighted by molar-refractivity contribution is 4.82. The molecule has 0 bridgehead atoms. The Kier molecular flexibility index (Phi) is 13.0. The molecule has 0 saturated carbocycles. The maximum atomic E-state index is 5.32. The zero-order valence-electron chi connectivity index (χ0n) is 9.96. The van der Waals surface area contributed by atoms with E-state index in [-0.39, 0.29) is 0 Å². The summed E-state index contributed by atoms with van der Waals surface area (Å²) in [5.74, 6) is 2.63. The zero-order valence-corrected chi connectivity index (χ0v) is 9.96. The van der Waals surface area contributed by atoms with Crippen molar-refractivity contribution in [3.63, 3.8) is 0 Å². The largest absolute Gasteiger partial charge is 0.355 e. The molecule has 0 amide bonds. The van der Waals surface area contributed by atoms with E-state index < -0.39 is 0 Å².